The fourth-order valence-electron chi connectivity index (χ4n) is 3.60. The number of guanidine groups is 1. The molecule has 0 bridgehead atoms. The fourth-order valence-corrected chi connectivity index (χ4v) is 3.60. The molecule has 1 aliphatic carbocycles. The SMILES string of the molecule is CN=C(NCCCOC1CCCCC1)NCCN1CCN(C(C)=O)CC1.I. The van der Waals surface area contributed by atoms with Crippen LogP contribution < -0.4 is 10.6 Å². The molecule has 0 aromatic carbocycles. The number of hydrogen-bond donors (Lipinski definition) is 2. The van der Waals surface area contributed by atoms with Gasteiger partial charge in [-0.25, -0.2) is 0 Å². The van der Waals surface area contributed by atoms with E-state index in [4.69, 9.17) is 4.74 Å². The fraction of sp³-hybridized carbons (Fsp3) is 0.895. The summed E-state index contributed by atoms with van der Waals surface area (Å²) in [5.41, 5.74) is 0. The van der Waals surface area contributed by atoms with Crippen LogP contribution in [0.4, 0.5) is 0 Å². The highest BCUT2D eigenvalue weighted by molar-refractivity contribution is 14.0. The molecule has 0 spiro atoms. The van der Waals surface area contributed by atoms with E-state index in [1.54, 1.807) is 14.0 Å². The van der Waals surface area contributed by atoms with Crippen LogP contribution in [-0.2, 0) is 9.53 Å². The number of nitrogens with one attached hydrogen (secondary N) is 2. The summed E-state index contributed by atoms with van der Waals surface area (Å²) >= 11 is 0. The summed E-state index contributed by atoms with van der Waals surface area (Å²) in [6.07, 6.45) is 7.98. The average molecular weight is 495 g/mol. The number of ether oxygens (including phenoxy) is 1. The average Bonchev–Trinajstić information content (AvgIpc) is 2.67. The van der Waals surface area contributed by atoms with E-state index in [9.17, 15) is 4.79 Å². The molecular formula is C19H38IN5O2. The summed E-state index contributed by atoms with van der Waals surface area (Å²) in [6.45, 7) is 8.76. The lowest BCUT2D eigenvalue weighted by Gasteiger charge is -2.34. The largest absolute Gasteiger partial charge is 0.378 e. The summed E-state index contributed by atoms with van der Waals surface area (Å²) in [7, 11) is 1.81. The van der Waals surface area contributed by atoms with Crippen molar-refractivity contribution in [3.8, 4) is 0 Å². The second kappa shape index (κ2) is 14.4. The van der Waals surface area contributed by atoms with Crippen molar-refractivity contribution in [1.82, 2.24) is 20.4 Å². The Kier molecular flexibility index (Phi) is 13.0. The highest BCUT2D eigenvalue weighted by atomic mass is 127. The van der Waals surface area contributed by atoms with Crippen LogP contribution in [0, 0.1) is 0 Å². The van der Waals surface area contributed by atoms with Gasteiger partial charge in [0.2, 0.25) is 5.91 Å². The van der Waals surface area contributed by atoms with Crippen molar-refractivity contribution in [2.24, 2.45) is 4.99 Å². The van der Waals surface area contributed by atoms with Gasteiger partial charge in [-0.3, -0.25) is 14.7 Å². The van der Waals surface area contributed by atoms with Gasteiger partial charge in [-0.15, -0.1) is 24.0 Å². The molecule has 0 unspecified atom stereocenters. The van der Waals surface area contributed by atoms with Gasteiger partial charge in [0.05, 0.1) is 6.10 Å². The normalized spacial score (nSPS) is 19.5. The Labute approximate surface area is 181 Å². The summed E-state index contributed by atoms with van der Waals surface area (Å²) in [6, 6.07) is 0. The van der Waals surface area contributed by atoms with E-state index in [0.29, 0.717) is 6.10 Å². The maximum Gasteiger partial charge on any atom is 0.219 e. The Hall–Kier alpha value is -0.610. The van der Waals surface area contributed by atoms with Gasteiger partial charge in [-0.2, -0.15) is 0 Å². The third-order valence-corrected chi connectivity index (χ3v) is 5.28. The van der Waals surface area contributed by atoms with E-state index in [-0.39, 0.29) is 29.9 Å². The maximum atomic E-state index is 11.3. The Bertz CT molecular complexity index is 436. The van der Waals surface area contributed by atoms with E-state index in [0.717, 1.165) is 64.8 Å². The topological polar surface area (TPSA) is 69.2 Å². The van der Waals surface area contributed by atoms with Gasteiger partial charge in [0, 0.05) is 66.4 Å². The summed E-state index contributed by atoms with van der Waals surface area (Å²) in [4.78, 5) is 19.9. The number of piperazine rings is 1. The zero-order valence-corrected chi connectivity index (χ0v) is 19.4. The molecule has 2 rings (SSSR count). The van der Waals surface area contributed by atoms with Gasteiger partial charge in [0.25, 0.3) is 0 Å². The Balaban J connectivity index is 0.00000364. The van der Waals surface area contributed by atoms with Gasteiger partial charge in [0.1, 0.15) is 0 Å². The van der Waals surface area contributed by atoms with E-state index in [2.05, 4.69) is 20.5 Å². The molecule has 158 valence electrons. The Morgan fingerprint density at radius 3 is 2.37 bits per heavy atom. The monoisotopic (exact) mass is 495 g/mol. The second-order valence-corrected chi connectivity index (χ2v) is 7.26. The van der Waals surface area contributed by atoms with Crippen molar-refractivity contribution in [3.05, 3.63) is 0 Å². The van der Waals surface area contributed by atoms with Crippen molar-refractivity contribution >= 4 is 35.8 Å². The molecule has 1 saturated heterocycles. The predicted molar refractivity (Wildman–Crippen MR) is 121 cm³/mol. The number of rotatable bonds is 8. The zero-order chi connectivity index (χ0) is 18.6. The molecular weight excluding hydrogens is 457 g/mol. The lowest BCUT2D eigenvalue weighted by atomic mass is 9.98. The van der Waals surface area contributed by atoms with E-state index < -0.39 is 0 Å². The molecule has 0 aromatic rings. The molecule has 2 aliphatic rings. The lowest BCUT2D eigenvalue weighted by molar-refractivity contribution is -0.130. The number of aliphatic imine (C=N–C) groups is 1. The smallest absolute Gasteiger partial charge is 0.219 e. The molecule has 2 fully saturated rings. The first-order valence-electron chi connectivity index (χ1n) is 10.2. The van der Waals surface area contributed by atoms with Gasteiger partial charge in [0.15, 0.2) is 5.96 Å². The molecule has 0 radical (unpaired) electrons. The minimum absolute atomic E-state index is 0. The van der Waals surface area contributed by atoms with Gasteiger partial charge in [-0.1, -0.05) is 19.3 Å². The molecule has 7 nitrogen and oxygen atoms in total. The first kappa shape index (κ1) is 24.4. The number of carbonyl (C=O) groups excluding carboxylic acids is 1. The molecule has 1 aliphatic heterocycles. The van der Waals surface area contributed by atoms with Crippen molar-refractivity contribution in [2.75, 3.05) is 59.5 Å². The molecule has 27 heavy (non-hydrogen) atoms. The standard InChI is InChI=1S/C19H37N5O2.HI/c1-17(25)24-14-12-23(13-15-24)11-10-22-19(20-2)21-9-6-16-26-18-7-4-3-5-8-18;/h18H,3-16H2,1-2H3,(H2,20,21,22);1H. The maximum absolute atomic E-state index is 11.3. The third kappa shape index (κ3) is 9.94. The van der Waals surface area contributed by atoms with Crippen LogP contribution in [-0.4, -0.2) is 87.2 Å². The van der Waals surface area contributed by atoms with Crippen LogP contribution in [0.5, 0.6) is 0 Å². The Morgan fingerprint density at radius 2 is 1.74 bits per heavy atom. The van der Waals surface area contributed by atoms with E-state index >= 15 is 0 Å². The number of nitrogens with zero attached hydrogens (tertiary/aromatic N) is 3. The van der Waals surface area contributed by atoms with Crippen LogP contribution in [0.3, 0.4) is 0 Å². The van der Waals surface area contributed by atoms with Crippen LogP contribution in [0.15, 0.2) is 4.99 Å². The molecule has 2 N–H and O–H groups in total. The molecule has 0 aromatic heterocycles. The number of hydrogen-bond acceptors (Lipinski definition) is 4. The first-order chi connectivity index (χ1) is 12.7. The quantitative estimate of drug-likeness (QED) is 0.232. The van der Waals surface area contributed by atoms with Crippen LogP contribution in [0.2, 0.25) is 0 Å². The molecule has 1 saturated carbocycles. The minimum Gasteiger partial charge on any atom is -0.378 e. The second-order valence-electron chi connectivity index (χ2n) is 7.26. The minimum atomic E-state index is 0. The summed E-state index contributed by atoms with van der Waals surface area (Å²) < 4.78 is 5.95. The Morgan fingerprint density at radius 1 is 1.07 bits per heavy atom. The van der Waals surface area contributed by atoms with Crippen molar-refractivity contribution in [1.29, 1.82) is 0 Å². The van der Waals surface area contributed by atoms with Gasteiger partial charge < -0.3 is 20.3 Å². The molecule has 1 heterocycles. The van der Waals surface area contributed by atoms with Crippen molar-refractivity contribution < 1.29 is 9.53 Å². The zero-order valence-electron chi connectivity index (χ0n) is 17.0. The number of halogens is 1. The molecule has 1 amide bonds. The van der Waals surface area contributed by atoms with Crippen LogP contribution in [0.25, 0.3) is 0 Å². The van der Waals surface area contributed by atoms with Crippen molar-refractivity contribution in [3.63, 3.8) is 0 Å². The van der Waals surface area contributed by atoms with Crippen LogP contribution >= 0.6 is 24.0 Å². The van der Waals surface area contributed by atoms with E-state index in [1.165, 1.54) is 32.1 Å². The molecule has 8 heteroatoms. The highest BCUT2D eigenvalue weighted by Crippen LogP contribution is 2.20. The first-order valence-corrected chi connectivity index (χ1v) is 10.2. The van der Waals surface area contributed by atoms with Gasteiger partial charge in [-0.05, 0) is 19.3 Å². The molecule has 0 atom stereocenters. The summed E-state index contributed by atoms with van der Waals surface area (Å²) in [5, 5.41) is 6.72. The van der Waals surface area contributed by atoms with Crippen LogP contribution in [0.1, 0.15) is 45.4 Å². The van der Waals surface area contributed by atoms with E-state index in [1.807, 2.05) is 4.90 Å². The number of carbonyl (C=O) groups is 1. The predicted octanol–water partition coefficient (Wildman–Crippen LogP) is 1.67. The highest BCUT2D eigenvalue weighted by Gasteiger charge is 2.18. The lowest BCUT2D eigenvalue weighted by Crippen LogP contribution is -2.50. The van der Waals surface area contributed by atoms with Crippen molar-refractivity contribution in [2.45, 2.75) is 51.6 Å². The van der Waals surface area contributed by atoms with Gasteiger partial charge >= 0.3 is 0 Å². The third-order valence-electron chi connectivity index (χ3n) is 5.28. The summed E-state index contributed by atoms with van der Waals surface area (Å²) in [5.74, 6) is 1.03. The number of amides is 1.